The van der Waals surface area contributed by atoms with E-state index >= 15 is 0 Å². The van der Waals surface area contributed by atoms with Gasteiger partial charge in [0, 0.05) is 16.2 Å². The maximum absolute atomic E-state index is 11.3. The Balaban J connectivity index is 2.12. The minimum Gasteiger partial charge on any atom is -0.350 e. The number of thiophene rings is 1. The SMILES string of the molecule is CC[C@@H]([C@H](O[C@@H]1CCC[C@H](C)O1)c1cccs1)[N+](=O)[O-]. The Morgan fingerprint density at radius 2 is 2.40 bits per heavy atom. The van der Waals surface area contributed by atoms with Crippen molar-refractivity contribution in [1.29, 1.82) is 0 Å². The monoisotopic (exact) mass is 299 g/mol. The summed E-state index contributed by atoms with van der Waals surface area (Å²) >= 11 is 1.50. The minimum atomic E-state index is -0.727. The maximum Gasteiger partial charge on any atom is 0.243 e. The van der Waals surface area contributed by atoms with Gasteiger partial charge in [-0.15, -0.1) is 11.3 Å². The second-order valence-electron chi connectivity index (χ2n) is 5.14. The number of hydrogen-bond donors (Lipinski definition) is 0. The second-order valence-corrected chi connectivity index (χ2v) is 6.12. The normalized spacial score (nSPS) is 26.1. The molecule has 0 spiro atoms. The molecule has 1 aliphatic heterocycles. The molecule has 0 aliphatic carbocycles. The fourth-order valence-corrected chi connectivity index (χ4v) is 3.32. The molecule has 0 radical (unpaired) electrons. The zero-order valence-corrected chi connectivity index (χ0v) is 12.7. The fourth-order valence-electron chi connectivity index (χ4n) is 2.51. The predicted molar refractivity (Wildman–Crippen MR) is 77.4 cm³/mol. The average Bonchev–Trinajstić information content (AvgIpc) is 2.91. The van der Waals surface area contributed by atoms with Crippen LogP contribution in [0.3, 0.4) is 0 Å². The summed E-state index contributed by atoms with van der Waals surface area (Å²) in [6.45, 7) is 3.84. The molecule has 0 bridgehead atoms. The van der Waals surface area contributed by atoms with E-state index in [1.54, 1.807) is 0 Å². The lowest BCUT2D eigenvalue weighted by Crippen LogP contribution is -2.35. The van der Waals surface area contributed by atoms with E-state index < -0.39 is 12.1 Å². The van der Waals surface area contributed by atoms with Crippen LogP contribution in [0.2, 0.25) is 0 Å². The van der Waals surface area contributed by atoms with Crippen molar-refractivity contribution >= 4 is 11.3 Å². The van der Waals surface area contributed by atoms with Crippen LogP contribution >= 0.6 is 11.3 Å². The highest BCUT2D eigenvalue weighted by atomic mass is 32.1. The first-order valence-corrected chi connectivity index (χ1v) is 7.97. The molecule has 0 unspecified atom stereocenters. The molecule has 1 aromatic rings. The van der Waals surface area contributed by atoms with Crippen molar-refractivity contribution in [2.45, 2.75) is 64.1 Å². The van der Waals surface area contributed by atoms with E-state index in [0.717, 1.165) is 24.1 Å². The van der Waals surface area contributed by atoms with Gasteiger partial charge in [0.25, 0.3) is 0 Å². The van der Waals surface area contributed by atoms with Crippen LogP contribution in [0.15, 0.2) is 17.5 Å². The summed E-state index contributed by atoms with van der Waals surface area (Å²) in [4.78, 5) is 11.9. The molecule has 112 valence electrons. The minimum absolute atomic E-state index is 0.161. The molecule has 1 aromatic heterocycles. The van der Waals surface area contributed by atoms with Crippen molar-refractivity contribution in [3.8, 4) is 0 Å². The Kier molecular flexibility index (Phi) is 5.51. The van der Waals surface area contributed by atoms with Crippen LogP contribution in [0, 0.1) is 10.1 Å². The van der Waals surface area contributed by atoms with Crippen molar-refractivity contribution in [3.63, 3.8) is 0 Å². The molecule has 1 saturated heterocycles. The third kappa shape index (κ3) is 3.77. The summed E-state index contributed by atoms with van der Waals surface area (Å²) in [5, 5.41) is 13.2. The Labute approximate surface area is 123 Å². The van der Waals surface area contributed by atoms with Gasteiger partial charge in [0.1, 0.15) is 0 Å². The number of rotatable bonds is 6. The number of hydrogen-bond acceptors (Lipinski definition) is 5. The molecule has 0 N–H and O–H groups in total. The van der Waals surface area contributed by atoms with Crippen molar-refractivity contribution in [2.24, 2.45) is 0 Å². The summed E-state index contributed by atoms with van der Waals surface area (Å²) in [6, 6.07) is 3.07. The van der Waals surface area contributed by atoms with Crippen LogP contribution in [0.1, 0.15) is 50.5 Å². The van der Waals surface area contributed by atoms with Gasteiger partial charge >= 0.3 is 0 Å². The highest BCUT2D eigenvalue weighted by Gasteiger charge is 2.36. The lowest BCUT2D eigenvalue weighted by molar-refractivity contribution is -0.540. The van der Waals surface area contributed by atoms with Gasteiger partial charge < -0.3 is 9.47 Å². The molecule has 1 aliphatic rings. The fraction of sp³-hybridized carbons (Fsp3) is 0.714. The number of nitrogens with zero attached hydrogens (tertiary/aromatic N) is 1. The van der Waals surface area contributed by atoms with Crippen molar-refractivity contribution in [1.82, 2.24) is 0 Å². The molecule has 1 fully saturated rings. The molecule has 2 rings (SSSR count). The van der Waals surface area contributed by atoms with E-state index in [-0.39, 0.29) is 17.3 Å². The van der Waals surface area contributed by atoms with E-state index in [2.05, 4.69) is 0 Å². The first-order chi connectivity index (χ1) is 9.61. The predicted octanol–water partition coefficient (Wildman–Crippen LogP) is 3.78. The van der Waals surface area contributed by atoms with E-state index in [0.29, 0.717) is 6.42 Å². The van der Waals surface area contributed by atoms with Crippen molar-refractivity contribution < 1.29 is 14.4 Å². The van der Waals surface area contributed by atoms with Crippen LogP contribution < -0.4 is 0 Å². The van der Waals surface area contributed by atoms with Crippen molar-refractivity contribution in [2.75, 3.05) is 0 Å². The zero-order chi connectivity index (χ0) is 14.5. The molecule has 2 heterocycles. The Hall–Kier alpha value is -0.980. The van der Waals surface area contributed by atoms with Crippen LogP contribution in [-0.4, -0.2) is 23.4 Å². The van der Waals surface area contributed by atoms with Crippen molar-refractivity contribution in [3.05, 3.63) is 32.5 Å². The van der Waals surface area contributed by atoms with Gasteiger partial charge in [-0.05, 0) is 37.6 Å². The maximum atomic E-state index is 11.3. The molecule has 5 nitrogen and oxygen atoms in total. The van der Waals surface area contributed by atoms with Gasteiger partial charge in [-0.25, -0.2) is 0 Å². The van der Waals surface area contributed by atoms with E-state index in [1.165, 1.54) is 11.3 Å². The Bertz CT molecular complexity index is 423. The zero-order valence-electron chi connectivity index (χ0n) is 11.9. The molecular formula is C14H21NO4S. The quantitative estimate of drug-likeness (QED) is 0.592. The Morgan fingerprint density at radius 3 is 2.95 bits per heavy atom. The van der Waals surface area contributed by atoms with Crippen LogP contribution in [0.4, 0.5) is 0 Å². The summed E-state index contributed by atoms with van der Waals surface area (Å²) in [5.41, 5.74) is 0. The van der Waals surface area contributed by atoms with Gasteiger partial charge in [-0.1, -0.05) is 13.0 Å². The number of ether oxygens (including phenoxy) is 2. The van der Waals surface area contributed by atoms with Crippen LogP contribution in [0.25, 0.3) is 0 Å². The second kappa shape index (κ2) is 7.15. The molecule has 0 amide bonds. The molecule has 6 heteroatoms. The molecule has 4 atom stereocenters. The van der Waals surface area contributed by atoms with E-state index in [1.807, 2.05) is 31.4 Å². The van der Waals surface area contributed by atoms with E-state index in [9.17, 15) is 10.1 Å². The third-order valence-electron chi connectivity index (χ3n) is 3.60. The summed E-state index contributed by atoms with van der Waals surface area (Å²) < 4.78 is 11.7. The first kappa shape index (κ1) is 15.4. The van der Waals surface area contributed by atoms with Gasteiger partial charge in [-0.3, -0.25) is 10.1 Å². The summed E-state index contributed by atoms with van der Waals surface area (Å²) in [6.07, 6.45) is 2.62. The molecule has 0 saturated carbocycles. The highest BCUT2D eigenvalue weighted by Crippen LogP contribution is 2.32. The summed E-state index contributed by atoms with van der Waals surface area (Å²) in [7, 11) is 0. The standard InChI is InChI=1S/C14H21NO4S/c1-3-11(15(16)17)14(12-7-5-9-20-12)19-13-8-4-6-10(2)18-13/h5,7,9-11,13-14H,3-4,6,8H2,1-2H3/t10-,11-,13+,14-/m0/s1. The lowest BCUT2D eigenvalue weighted by Gasteiger charge is -2.31. The summed E-state index contributed by atoms with van der Waals surface area (Å²) in [5.74, 6) is 0. The van der Waals surface area contributed by atoms with Gasteiger partial charge in [-0.2, -0.15) is 0 Å². The van der Waals surface area contributed by atoms with Gasteiger partial charge in [0.2, 0.25) is 6.04 Å². The highest BCUT2D eigenvalue weighted by molar-refractivity contribution is 7.10. The van der Waals surface area contributed by atoms with Gasteiger partial charge in [0.15, 0.2) is 12.4 Å². The Morgan fingerprint density at radius 1 is 1.60 bits per heavy atom. The largest absolute Gasteiger partial charge is 0.350 e. The van der Waals surface area contributed by atoms with Crippen LogP contribution in [-0.2, 0) is 9.47 Å². The average molecular weight is 299 g/mol. The molecule has 20 heavy (non-hydrogen) atoms. The molecule has 0 aromatic carbocycles. The smallest absolute Gasteiger partial charge is 0.243 e. The molecular weight excluding hydrogens is 278 g/mol. The lowest BCUT2D eigenvalue weighted by atomic mass is 10.1. The topological polar surface area (TPSA) is 61.6 Å². The van der Waals surface area contributed by atoms with Gasteiger partial charge in [0.05, 0.1) is 6.10 Å². The number of nitro groups is 1. The van der Waals surface area contributed by atoms with Crippen LogP contribution in [0.5, 0.6) is 0 Å². The first-order valence-electron chi connectivity index (χ1n) is 7.09. The van der Waals surface area contributed by atoms with E-state index in [4.69, 9.17) is 9.47 Å². The third-order valence-corrected chi connectivity index (χ3v) is 4.53.